The zero-order chi connectivity index (χ0) is 22.3. The van der Waals surface area contributed by atoms with Crippen LogP contribution in [0.15, 0.2) is 47.6 Å². The molecule has 0 spiro atoms. The summed E-state index contributed by atoms with van der Waals surface area (Å²) in [6.07, 6.45) is 1.90. The third-order valence-electron chi connectivity index (χ3n) is 6.19. The number of aromatic nitrogens is 1. The number of guanidine groups is 1. The number of rotatable bonds is 5. The molecule has 0 atom stereocenters. The summed E-state index contributed by atoms with van der Waals surface area (Å²) in [7, 11) is 2.17. The van der Waals surface area contributed by atoms with Gasteiger partial charge >= 0.3 is 0 Å². The van der Waals surface area contributed by atoms with E-state index < -0.39 is 0 Å². The molecule has 1 aromatic carbocycles. The van der Waals surface area contributed by atoms with Gasteiger partial charge in [0.15, 0.2) is 5.96 Å². The highest BCUT2D eigenvalue weighted by Crippen LogP contribution is 2.27. The second kappa shape index (κ2) is 10.5. The van der Waals surface area contributed by atoms with Gasteiger partial charge in [-0.15, -0.1) is 0 Å². The van der Waals surface area contributed by atoms with Crippen LogP contribution in [0.1, 0.15) is 12.5 Å². The van der Waals surface area contributed by atoms with Crippen molar-refractivity contribution in [3.05, 3.63) is 48.2 Å². The van der Waals surface area contributed by atoms with Gasteiger partial charge in [-0.2, -0.15) is 0 Å². The van der Waals surface area contributed by atoms with Crippen molar-refractivity contribution in [1.82, 2.24) is 20.1 Å². The fourth-order valence-electron chi connectivity index (χ4n) is 4.25. The SMILES string of the molecule is CCNC(=NCc1ccnc(N2CCN(C)CC2)c1)N1CCN(c2ccccc2O)CC1. The summed E-state index contributed by atoms with van der Waals surface area (Å²) in [6.45, 7) is 11.2. The Morgan fingerprint density at radius 3 is 2.44 bits per heavy atom. The minimum absolute atomic E-state index is 0.343. The van der Waals surface area contributed by atoms with Crippen molar-refractivity contribution in [3.63, 3.8) is 0 Å². The number of phenolic OH excluding ortho intramolecular Hbond substituents is 1. The number of anilines is 2. The summed E-state index contributed by atoms with van der Waals surface area (Å²) < 4.78 is 0. The van der Waals surface area contributed by atoms with E-state index in [1.54, 1.807) is 6.07 Å². The summed E-state index contributed by atoms with van der Waals surface area (Å²) in [5.74, 6) is 2.34. The number of nitrogens with zero attached hydrogens (tertiary/aromatic N) is 6. The number of likely N-dealkylation sites (N-methyl/N-ethyl adjacent to an activating group) is 1. The van der Waals surface area contributed by atoms with Crippen LogP contribution in [0.3, 0.4) is 0 Å². The molecule has 0 radical (unpaired) electrons. The molecule has 2 fully saturated rings. The van der Waals surface area contributed by atoms with Crippen molar-refractivity contribution in [2.75, 3.05) is 75.8 Å². The minimum Gasteiger partial charge on any atom is -0.506 e. The third-order valence-corrected chi connectivity index (χ3v) is 6.19. The third kappa shape index (κ3) is 5.43. The van der Waals surface area contributed by atoms with Crippen LogP contribution in [0.4, 0.5) is 11.5 Å². The maximum atomic E-state index is 10.2. The number of benzene rings is 1. The van der Waals surface area contributed by atoms with Crippen LogP contribution < -0.4 is 15.1 Å². The first-order chi connectivity index (χ1) is 15.6. The zero-order valence-corrected chi connectivity index (χ0v) is 19.2. The second-order valence-electron chi connectivity index (χ2n) is 8.45. The number of phenols is 1. The number of hydrogen-bond acceptors (Lipinski definition) is 6. The average Bonchev–Trinajstić information content (AvgIpc) is 2.83. The Morgan fingerprint density at radius 1 is 1.00 bits per heavy atom. The number of aliphatic imine (C=N–C) groups is 1. The lowest BCUT2D eigenvalue weighted by atomic mass is 10.2. The van der Waals surface area contributed by atoms with Crippen molar-refractivity contribution in [3.8, 4) is 5.75 Å². The molecule has 4 rings (SSSR count). The van der Waals surface area contributed by atoms with Crippen LogP contribution in [0.2, 0.25) is 0 Å². The topological polar surface area (TPSA) is 70.5 Å². The molecular formula is C24H35N7O. The predicted octanol–water partition coefficient (Wildman–Crippen LogP) is 1.83. The van der Waals surface area contributed by atoms with Gasteiger partial charge in [-0.25, -0.2) is 9.98 Å². The Morgan fingerprint density at radius 2 is 1.72 bits per heavy atom. The van der Waals surface area contributed by atoms with Crippen molar-refractivity contribution >= 4 is 17.5 Å². The molecule has 0 amide bonds. The van der Waals surface area contributed by atoms with Gasteiger partial charge in [0.25, 0.3) is 0 Å². The van der Waals surface area contributed by atoms with E-state index in [2.05, 4.69) is 56.0 Å². The molecular weight excluding hydrogens is 402 g/mol. The number of pyridine rings is 1. The van der Waals surface area contributed by atoms with Crippen molar-refractivity contribution in [2.24, 2.45) is 4.99 Å². The van der Waals surface area contributed by atoms with Gasteiger partial charge in [-0.05, 0) is 43.8 Å². The summed E-state index contributed by atoms with van der Waals surface area (Å²) in [6, 6.07) is 11.8. The molecule has 2 N–H and O–H groups in total. The van der Waals surface area contributed by atoms with E-state index in [-0.39, 0.29) is 0 Å². The number of aromatic hydroxyl groups is 1. The second-order valence-corrected chi connectivity index (χ2v) is 8.45. The Balaban J connectivity index is 1.38. The number of nitrogens with one attached hydrogen (secondary N) is 1. The molecule has 3 heterocycles. The Hall–Kier alpha value is -3.00. The fourth-order valence-corrected chi connectivity index (χ4v) is 4.25. The van der Waals surface area contributed by atoms with E-state index in [1.165, 1.54) is 5.56 Å². The van der Waals surface area contributed by atoms with Crippen molar-refractivity contribution < 1.29 is 5.11 Å². The quantitative estimate of drug-likeness (QED) is 0.546. The highest BCUT2D eigenvalue weighted by molar-refractivity contribution is 5.80. The monoisotopic (exact) mass is 437 g/mol. The normalized spacial score (nSPS) is 18.2. The maximum absolute atomic E-state index is 10.2. The van der Waals surface area contributed by atoms with E-state index in [0.717, 1.165) is 76.4 Å². The Labute approximate surface area is 191 Å². The van der Waals surface area contributed by atoms with E-state index in [1.807, 2.05) is 24.4 Å². The molecule has 0 bridgehead atoms. The van der Waals surface area contributed by atoms with Gasteiger partial charge in [0.1, 0.15) is 11.6 Å². The minimum atomic E-state index is 0.343. The number of piperazine rings is 2. The van der Waals surface area contributed by atoms with Crippen LogP contribution >= 0.6 is 0 Å². The van der Waals surface area contributed by atoms with E-state index >= 15 is 0 Å². The summed E-state index contributed by atoms with van der Waals surface area (Å²) >= 11 is 0. The molecule has 2 aromatic rings. The molecule has 2 aliphatic heterocycles. The zero-order valence-electron chi connectivity index (χ0n) is 19.2. The molecule has 2 aliphatic rings. The van der Waals surface area contributed by atoms with E-state index in [0.29, 0.717) is 12.3 Å². The standard InChI is InChI=1S/C24H35N7O/c1-3-25-24(31-16-14-29(15-17-31)21-6-4-5-7-22(21)32)27-19-20-8-9-26-23(18-20)30-12-10-28(2)11-13-30/h4-9,18,32H,3,10-17,19H2,1-2H3,(H,25,27). The van der Waals surface area contributed by atoms with Crippen molar-refractivity contribution in [1.29, 1.82) is 0 Å². The molecule has 8 nitrogen and oxygen atoms in total. The van der Waals surface area contributed by atoms with Gasteiger partial charge in [-0.3, -0.25) is 0 Å². The highest BCUT2D eigenvalue weighted by atomic mass is 16.3. The molecule has 8 heteroatoms. The van der Waals surface area contributed by atoms with Gasteiger partial charge in [0, 0.05) is 65.1 Å². The fraction of sp³-hybridized carbons (Fsp3) is 0.500. The predicted molar refractivity (Wildman–Crippen MR) is 131 cm³/mol. The largest absolute Gasteiger partial charge is 0.506 e. The van der Waals surface area contributed by atoms with E-state index in [4.69, 9.17) is 4.99 Å². The summed E-state index contributed by atoms with van der Waals surface area (Å²) in [5, 5.41) is 13.6. The first-order valence-electron chi connectivity index (χ1n) is 11.6. The van der Waals surface area contributed by atoms with Crippen LogP contribution in [0.25, 0.3) is 0 Å². The summed E-state index contributed by atoms with van der Waals surface area (Å²) in [4.78, 5) is 18.8. The summed E-state index contributed by atoms with van der Waals surface area (Å²) in [5.41, 5.74) is 2.08. The molecule has 32 heavy (non-hydrogen) atoms. The molecule has 0 aliphatic carbocycles. The maximum Gasteiger partial charge on any atom is 0.194 e. The lowest BCUT2D eigenvalue weighted by Crippen LogP contribution is -2.52. The van der Waals surface area contributed by atoms with Gasteiger partial charge in [-0.1, -0.05) is 12.1 Å². The van der Waals surface area contributed by atoms with Gasteiger partial charge < -0.3 is 30.0 Å². The first-order valence-corrected chi connectivity index (χ1v) is 11.6. The molecule has 2 saturated heterocycles. The van der Waals surface area contributed by atoms with Gasteiger partial charge in [0.05, 0.1) is 12.2 Å². The lowest BCUT2D eigenvalue weighted by Gasteiger charge is -2.37. The molecule has 0 saturated carbocycles. The number of para-hydroxylation sites is 2. The highest BCUT2D eigenvalue weighted by Gasteiger charge is 2.21. The smallest absolute Gasteiger partial charge is 0.194 e. The molecule has 172 valence electrons. The van der Waals surface area contributed by atoms with E-state index in [9.17, 15) is 5.11 Å². The first kappa shape index (κ1) is 22.2. The molecule has 1 aromatic heterocycles. The average molecular weight is 438 g/mol. The van der Waals surface area contributed by atoms with Crippen LogP contribution in [0.5, 0.6) is 5.75 Å². The Bertz CT molecular complexity index is 903. The number of hydrogen-bond donors (Lipinski definition) is 2. The Kier molecular flexibility index (Phi) is 7.32. The molecule has 0 unspecified atom stereocenters. The van der Waals surface area contributed by atoms with Gasteiger partial charge in [0.2, 0.25) is 0 Å². The van der Waals surface area contributed by atoms with Crippen molar-refractivity contribution in [2.45, 2.75) is 13.5 Å². The van der Waals surface area contributed by atoms with Crippen LogP contribution in [-0.4, -0.2) is 91.8 Å². The van der Waals surface area contributed by atoms with Crippen LogP contribution in [0, 0.1) is 0 Å². The van der Waals surface area contributed by atoms with Crippen LogP contribution in [-0.2, 0) is 6.54 Å². The lowest BCUT2D eigenvalue weighted by molar-refractivity contribution is 0.312.